The molecule has 2 aromatic rings. The Morgan fingerprint density at radius 2 is 1.78 bits per heavy atom. The molecule has 18 heavy (non-hydrogen) atoms. The lowest BCUT2D eigenvalue weighted by Crippen LogP contribution is -2.18. The second kappa shape index (κ2) is 6.68. The Kier molecular flexibility index (Phi) is 5.21. The summed E-state index contributed by atoms with van der Waals surface area (Å²) in [5.74, 6) is 0. The van der Waals surface area contributed by atoms with Gasteiger partial charge in [0.2, 0.25) is 0 Å². The fourth-order valence-corrected chi connectivity index (χ4v) is 2.80. The van der Waals surface area contributed by atoms with E-state index in [1.165, 1.54) is 14.7 Å². The van der Waals surface area contributed by atoms with Crippen LogP contribution in [0.5, 0.6) is 0 Å². The molecule has 2 rings (SSSR count). The van der Waals surface area contributed by atoms with Gasteiger partial charge in [-0.1, -0.05) is 46.3 Å². The van der Waals surface area contributed by atoms with E-state index in [-0.39, 0.29) is 0 Å². The van der Waals surface area contributed by atoms with Crippen LogP contribution in [-0.4, -0.2) is 0 Å². The van der Waals surface area contributed by atoms with Gasteiger partial charge in [0.05, 0.1) is 0 Å². The molecule has 1 nitrogen and oxygen atoms in total. The molecule has 0 aliphatic carbocycles. The van der Waals surface area contributed by atoms with Crippen molar-refractivity contribution in [1.82, 2.24) is 5.32 Å². The number of hydrogen-bond donors (Lipinski definition) is 1. The second-order valence-electron chi connectivity index (χ2n) is 4.25. The molecule has 0 bridgehead atoms. The Balaban J connectivity index is 1.98. The Hall–Kier alpha value is -0.390. The largest absolute Gasteiger partial charge is 0.306 e. The van der Waals surface area contributed by atoms with E-state index < -0.39 is 0 Å². The maximum Gasteiger partial charge on any atom is 0.0306 e. The van der Waals surface area contributed by atoms with Crippen LogP contribution in [0.1, 0.15) is 24.1 Å². The van der Waals surface area contributed by atoms with Crippen LogP contribution in [0.25, 0.3) is 0 Å². The number of halogens is 2. The zero-order chi connectivity index (χ0) is 13.0. The van der Waals surface area contributed by atoms with Crippen LogP contribution in [0.4, 0.5) is 0 Å². The minimum absolute atomic E-state index is 0.333. The Morgan fingerprint density at radius 3 is 2.44 bits per heavy atom. The molecule has 3 heteroatoms. The monoisotopic (exact) mass is 415 g/mol. The summed E-state index contributed by atoms with van der Waals surface area (Å²) in [6.07, 6.45) is 0. The van der Waals surface area contributed by atoms with E-state index >= 15 is 0 Å². The van der Waals surface area contributed by atoms with Crippen LogP contribution >= 0.6 is 38.5 Å². The second-order valence-corrected chi connectivity index (χ2v) is 6.35. The molecule has 0 amide bonds. The summed E-state index contributed by atoms with van der Waals surface area (Å²) in [5.41, 5.74) is 2.61. The van der Waals surface area contributed by atoms with Crippen LogP contribution < -0.4 is 5.32 Å². The molecule has 94 valence electrons. The highest BCUT2D eigenvalue weighted by molar-refractivity contribution is 14.1. The first kappa shape index (κ1) is 14.0. The van der Waals surface area contributed by atoms with E-state index in [9.17, 15) is 0 Å². The molecular weight excluding hydrogens is 401 g/mol. The van der Waals surface area contributed by atoms with Gasteiger partial charge in [-0.2, -0.15) is 0 Å². The third-order valence-electron chi connectivity index (χ3n) is 2.90. The Bertz CT molecular complexity index is 510. The van der Waals surface area contributed by atoms with Crippen molar-refractivity contribution < 1.29 is 0 Å². The standard InChI is InChI=1S/C15H15BrIN/c1-11(14-4-2-3-5-15(14)16)18-10-12-6-8-13(17)9-7-12/h2-9,11,18H,10H2,1H3. The van der Waals surface area contributed by atoms with Gasteiger partial charge in [-0.05, 0) is 58.8 Å². The molecule has 0 spiro atoms. The van der Waals surface area contributed by atoms with Crippen molar-refractivity contribution in [3.05, 3.63) is 67.7 Å². The van der Waals surface area contributed by atoms with Crippen molar-refractivity contribution in [2.45, 2.75) is 19.5 Å². The van der Waals surface area contributed by atoms with Gasteiger partial charge in [-0.3, -0.25) is 0 Å². The van der Waals surface area contributed by atoms with Crippen LogP contribution in [0.15, 0.2) is 53.0 Å². The minimum atomic E-state index is 0.333. The van der Waals surface area contributed by atoms with E-state index in [0.29, 0.717) is 6.04 Å². The fraction of sp³-hybridized carbons (Fsp3) is 0.200. The molecule has 0 fully saturated rings. The first-order valence-corrected chi connectivity index (χ1v) is 7.76. The normalized spacial score (nSPS) is 12.4. The SMILES string of the molecule is CC(NCc1ccc(I)cc1)c1ccccc1Br. The lowest BCUT2D eigenvalue weighted by molar-refractivity contribution is 0.573. The van der Waals surface area contributed by atoms with Crippen molar-refractivity contribution in [2.24, 2.45) is 0 Å². The number of rotatable bonds is 4. The average Bonchev–Trinajstić information content (AvgIpc) is 2.38. The molecule has 0 aliphatic heterocycles. The van der Waals surface area contributed by atoms with Crippen molar-refractivity contribution in [1.29, 1.82) is 0 Å². The summed E-state index contributed by atoms with van der Waals surface area (Å²) in [6.45, 7) is 3.08. The molecule has 1 N–H and O–H groups in total. The Morgan fingerprint density at radius 1 is 1.11 bits per heavy atom. The van der Waals surface area contributed by atoms with Crippen LogP contribution in [0.2, 0.25) is 0 Å². The van der Waals surface area contributed by atoms with Crippen LogP contribution in [0.3, 0.4) is 0 Å². The molecule has 0 saturated carbocycles. The Labute approximate surface area is 130 Å². The smallest absolute Gasteiger partial charge is 0.0306 e. The maximum atomic E-state index is 3.59. The van der Waals surface area contributed by atoms with Crippen LogP contribution in [0, 0.1) is 3.57 Å². The van der Waals surface area contributed by atoms with Crippen molar-refractivity contribution in [2.75, 3.05) is 0 Å². The molecule has 1 atom stereocenters. The summed E-state index contributed by atoms with van der Waals surface area (Å²) >= 11 is 5.92. The quantitative estimate of drug-likeness (QED) is 0.700. The maximum absolute atomic E-state index is 3.59. The summed E-state index contributed by atoms with van der Waals surface area (Å²) in [6, 6.07) is 17.3. The predicted molar refractivity (Wildman–Crippen MR) is 88.6 cm³/mol. The molecular formula is C15H15BrIN. The number of hydrogen-bond acceptors (Lipinski definition) is 1. The van der Waals surface area contributed by atoms with Crippen LogP contribution in [-0.2, 0) is 6.54 Å². The van der Waals surface area contributed by atoms with Gasteiger partial charge in [-0.25, -0.2) is 0 Å². The summed E-state index contributed by atoms with van der Waals surface area (Å²) in [4.78, 5) is 0. The molecule has 1 unspecified atom stereocenters. The van der Waals surface area contributed by atoms with Gasteiger partial charge < -0.3 is 5.32 Å². The van der Waals surface area contributed by atoms with Gasteiger partial charge in [0, 0.05) is 20.6 Å². The average molecular weight is 416 g/mol. The fourth-order valence-electron chi connectivity index (χ4n) is 1.81. The zero-order valence-electron chi connectivity index (χ0n) is 10.2. The van der Waals surface area contributed by atoms with E-state index in [0.717, 1.165) is 11.0 Å². The molecule has 0 saturated heterocycles. The zero-order valence-corrected chi connectivity index (χ0v) is 13.9. The molecule has 0 aromatic heterocycles. The highest BCUT2D eigenvalue weighted by Gasteiger charge is 2.07. The summed E-state index contributed by atoms with van der Waals surface area (Å²) < 4.78 is 2.43. The third kappa shape index (κ3) is 3.80. The number of benzene rings is 2. The molecule has 0 aliphatic rings. The molecule has 0 radical (unpaired) electrons. The van der Waals surface area contributed by atoms with Crippen molar-refractivity contribution >= 4 is 38.5 Å². The topological polar surface area (TPSA) is 12.0 Å². The van der Waals surface area contributed by atoms with Crippen molar-refractivity contribution in [3.63, 3.8) is 0 Å². The van der Waals surface area contributed by atoms with Gasteiger partial charge in [0.15, 0.2) is 0 Å². The van der Waals surface area contributed by atoms with Gasteiger partial charge in [0.25, 0.3) is 0 Å². The predicted octanol–water partition coefficient (Wildman–Crippen LogP) is 4.90. The highest BCUT2D eigenvalue weighted by atomic mass is 127. The van der Waals surface area contributed by atoms with Gasteiger partial charge in [-0.15, -0.1) is 0 Å². The van der Waals surface area contributed by atoms with Gasteiger partial charge in [0.1, 0.15) is 0 Å². The first-order valence-electron chi connectivity index (χ1n) is 5.89. The summed E-state index contributed by atoms with van der Waals surface area (Å²) in [5, 5.41) is 3.54. The van der Waals surface area contributed by atoms with Gasteiger partial charge >= 0.3 is 0 Å². The highest BCUT2D eigenvalue weighted by Crippen LogP contribution is 2.23. The third-order valence-corrected chi connectivity index (χ3v) is 4.34. The van der Waals surface area contributed by atoms with E-state index in [1.54, 1.807) is 0 Å². The van der Waals surface area contributed by atoms with E-state index in [2.05, 4.69) is 93.2 Å². The lowest BCUT2D eigenvalue weighted by Gasteiger charge is -2.15. The van der Waals surface area contributed by atoms with E-state index in [4.69, 9.17) is 0 Å². The van der Waals surface area contributed by atoms with E-state index in [1.807, 2.05) is 6.07 Å². The minimum Gasteiger partial charge on any atom is -0.306 e. The molecule has 2 aromatic carbocycles. The van der Waals surface area contributed by atoms with Crippen molar-refractivity contribution in [3.8, 4) is 0 Å². The number of nitrogens with one attached hydrogen (secondary N) is 1. The lowest BCUT2D eigenvalue weighted by atomic mass is 10.1. The molecule has 0 heterocycles. The summed E-state index contributed by atoms with van der Waals surface area (Å²) in [7, 11) is 0. The first-order chi connectivity index (χ1) is 8.66.